The van der Waals surface area contributed by atoms with E-state index in [1.807, 2.05) is 4.90 Å². The summed E-state index contributed by atoms with van der Waals surface area (Å²) in [6.07, 6.45) is 5.20. The first-order chi connectivity index (χ1) is 8.01. The van der Waals surface area contributed by atoms with Gasteiger partial charge in [-0.3, -0.25) is 4.79 Å². The zero-order valence-corrected chi connectivity index (χ0v) is 11.5. The summed E-state index contributed by atoms with van der Waals surface area (Å²) in [6, 6.07) is 0.603. The van der Waals surface area contributed by atoms with Crippen molar-refractivity contribution in [2.45, 2.75) is 52.5 Å². The number of carbonyl (C=O) groups excluding carboxylic acids is 1. The van der Waals surface area contributed by atoms with Crippen LogP contribution in [0.3, 0.4) is 0 Å². The van der Waals surface area contributed by atoms with E-state index in [4.69, 9.17) is 0 Å². The maximum absolute atomic E-state index is 11.3. The SMILES string of the molecule is CC(=O)N1CCC2(CC1)CC(CNC(C)C)C2. The summed E-state index contributed by atoms with van der Waals surface area (Å²) in [5, 5.41) is 3.53. The average Bonchev–Trinajstić information content (AvgIpc) is 2.23. The van der Waals surface area contributed by atoms with Gasteiger partial charge in [-0.1, -0.05) is 13.8 Å². The molecule has 98 valence electrons. The first kappa shape index (κ1) is 12.9. The molecular formula is C14H26N2O. The number of nitrogens with zero attached hydrogens (tertiary/aromatic N) is 1. The molecule has 0 aromatic rings. The van der Waals surface area contributed by atoms with Gasteiger partial charge in [-0.05, 0) is 43.6 Å². The molecule has 1 N–H and O–H groups in total. The summed E-state index contributed by atoms with van der Waals surface area (Å²) >= 11 is 0. The second kappa shape index (κ2) is 4.97. The predicted molar refractivity (Wildman–Crippen MR) is 69.8 cm³/mol. The lowest BCUT2D eigenvalue weighted by Gasteiger charge is -2.52. The lowest BCUT2D eigenvalue weighted by atomic mass is 9.57. The first-order valence-corrected chi connectivity index (χ1v) is 7.00. The van der Waals surface area contributed by atoms with Gasteiger partial charge in [-0.2, -0.15) is 0 Å². The van der Waals surface area contributed by atoms with Crippen LogP contribution in [-0.4, -0.2) is 36.5 Å². The Labute approximate surface area is 105 Å². The molecule has 2 aliphatic rings. The summed E-state index contributed by atoms with van der Waals surface area (Å²) in [5.74, 6) is 1.12. The fourth-order valence-corrected chi connectivity index (χ4v) is 3.42. The molecule has 0 bridgehead atoms. The third-order valence-electron chi connectivity index (χ3n) is 4.53. The van der Waals surface area contributed by atoms with Crippen LogP contribution in [0.25, 0.3) is 0 Å². The molecule has 0 aromatic heterocycles. The average molecular weight is 238 g/mol. The quantitative estimate of drug-likeness (QED) is 0.816. The van der Waals surface area contributed by atoms with E-state index in [0.717, 1.165) is 19.0 Å². The summed E-state index contributed by atoms with van der Waals surface area (Å²) in [7, 11) is 0. The summed E-state index contributed by atoms with van der Waals surface area (Å²) in [6.45, 7) is 9.25. The Morgan fingerprint density at radius 2 is 1.94 bits per heavy atom. The lowest BCUT2D eigenvalue weighted by Crippen LogP contribution is -2.50. The molecule has 1 spiro atoms. The van der Waals surface area contributed by atoms with Crippen molar-refractivity contribution in [3.63, 3.8) is 0 Å². The standard InChI is InChI=1S/C14H26N2O/c1-11(2)15-10-13-8-14(9-13)4-6-16(7-5-14)12(3)17/h11,13,15H,4-10H2,1-3H3. The second-order valence-corrected chi connectivity index (χ2v) is 6.34. The molecule has 1 saturated heterocycles. The molecule has 0 radical (unpaired) electrons. The van der Waals surface area contributed by atoms with Crippen LogP contribution in [0.2, 0.25) is 0 Å². The highest BCUT2D eigenvalue weighted by molar-refractivity contribution is 5.73. The maximum Gasteiger partial charge on any atom is 0.219 e. The Balaban J connectivity index is 1.70. The van der Waals surface area contributed by atoms with Crippen LogP contribution >= 0.6 is 0 Å². The molecule has 0 aromatic carbocycles. The highest BCUT2D eigenvalue weighted by Gasteiger charge is 2.45. The topological polar surface area (TPSA) is 32.3 Å². The van der Waals surface area contributed by atoms with Crippen LogP contribution < -0.4 is 5.32 Å². The van der Waals surface area contributed by atoms with Gasteiger partial charge in [0.05, 0.1) is 0 Å². The summed E-state index contributed by atoms with van der Waals surface area (Å²) < 4.78 is 0. The molecule has 2 rings (SSSR count). The molecule has 3 heteroatoms. The van der Waals surface area contributed by atoms with Crippen LogP contribution in [0.15, 0.2) is 0 Å². The van der Waals surface area contributed by atoms with E-state index in [-0.39, 0.29) is 5.91 Å². The third-order valence-corrected chi connectivity index (χ3v) is 4.53. The van der Waals surface area contributed by atoms with E-state index in [1.165, 1.54) is 32.2 Å². The van der Waals surface area contributed by atoms with Crippen LogP contribution in [0.5, 0.6) is 0 Å². The fourth-order valence-electron chi connectivity index (χ4n) is 3.42. The molecule has 1 heterocycles. The molecular weight excluding hydrogens is 212 g/mol. The summed E-state index contributed by atoms with van der Waals surface area (Å²) in [5.41, 5.74) is 0.593. The van der Waals surface area contributed by atoms with E-state index in [1.54, 1.807) is 6.92 Å². The molecule has 1 aliphatic heterocycles. The molecule has 1 saturated carbocycles. The molecule has 1 amide bonds. The van der Waals surface area contributed by atoms with E-state index < -0.39 is 0 Å². The van der Waals surface area contributed by atoms with Crippen molar-refractivity contribution in [1.29, 1.82) is 0 Å². The van der Waals surface area contributed by atoms with Gasteiger partial charge in [0.1, 0.15) is 0 Å². The number of amides is 1. The Morgan fingerprint density at radius 3 is 2.41 bits per heavy atom. The van der Waals surface area contributed by atoms with E-state index in [2.05, 4.69) is 19.2 Å². The molecule has 0 atom stereocenters. The van der Waals surface area contributed by atoms with E-state index in [0.29, 0.717) is 11.5 Å². The number of piperidine rings is 1. The second-order valence-electron chi connectivity index (χ2n) is 6.34. The zero-order chi connectivity index (χ0) is 12.5. The monoisotopic (exact) mass is 238 g/mol. The lowest BCUT2D eigenvalue weighted by molar-refractivity contribution is -0.133. The Morgan fingerprint density at radius 1 is 1.35 bits per heavy atom. The summed E-state index contributed by atoms with van der Waals surface area (Å²) in [4.78, 5) is 13.3. The van der Waals surface area contributed by atoms with Gasteiger partial charge in [-0.15, -0.1) is 0 Å². The molecule has 1 aliphatic carbocycles. The molecule has 17 heavy (non-hydrogen) atoms. The molecule has 0 unspecified atom stereocenters. The van der Waals surface area contributed by atoms with Gasteiger partial charge < -0.3 is 10.2 Å². The van der Waals surface area contributed by atoms with Crippen molar-refractivity contribution in [2.75, 3.05) is 19.6 Å². The fraction of sp³-hybridized carbons (Fsp3) is 0.929. The number of hydrogen-bond acceptors (Lipinski definition) is 2. The molecule has 3 nitrogen and oxygen atoms in total. The van der Waals surface area contributed by atoms with Crippen LogP contribution in [0.1, 0.15) is 46.5 Å². The van der Waals surface area contributed by atoms with Crippen molar-refractivity contribution < 1.29 is 4.79 Å². The van der Waals surface area contributed by atoms with Crippen LogP contribution in [0, 0.1) is 11.3 Å². The van der Waals surface area contributed by atoms with E-state index >= 15 is 0 Å². The Kier molecular flexibility index (Phi) is 3.76. The van der Waals surface area contributed by atoms with Crippen molar-refractivity contribution in [1.82, 2.24) is 10.2 Å². The highest BCUT2D eigenvalue weighted by Crippen LogP contribution is 2.52. The van der Waals surface area contributed by atoms with E-state index in [9.17, 15) is 4.79 Å². The maximum atomic E-state index is 11.3. The zero-order valence-electron chi connectivity index (χ0n) is 11.5. The van der Waals surface area contributed by atoms with Gasteiger partial charge >= 0.3 is 0 Å². The van der Waals surface area contributed by atoms with Gasteiger partial charge in [0.25, 0.3) is 0 Å². The Bertz CT molecular complexity index is 272. The van der Waals surface area contributed by atoms with Gasteiger partial charge in [-0.25, -0.2) is 0 Å². The third kappa shape index (κ3) is 3.01. The van der Waals surface area contributed by atoms with Crippen LogP contribution in [0.4, 0.5) is 0 Å². The molecule has 2 fully saturated rings. The van der Waals surface area contributed by atoms with Crippen LogP contribution in [-0.2, 0) is 4.79 Å². The number of nitrogens with one attached hydrogen (secondary N) is 1. The first-order valence-electron chi connectivity index (χ1n) is 7.00. The minimum Gasteiger partial charge on any atom is -0.343 e. The number of rotatable bonds is 3. The smallest absolute Gasteiger partial charge is 0.219 e. The highest BCUT2D eigenvalue weighted by atomic mass is 16.2. The van der Waals surface area contributed by atoms with Gasteiger partial charge in [0.2, 0.25) is 5.91 Å². The van der Waals surface area contributed by atoms with Crippen molar-refractivity contribution in [2.24, 2.45) is 11.3 Å². The van der Waals surface area contributed by atoms with Crippen molar-refractivity contribution in [3.05, 3.63) is 0 Å². The van der Waals surface area contributed by atoms with Gasteiger partial charge in [0, 0.05) is 26.1 Å². The number of hydrogen-bond donors (Lipinski definition) is 1. The van der Waals surface area contributed by atoms with Crippen molar-refractivity contribution in [3.8, 4) is 0 Å². The minimum atomic E-state index is 0.247. The van der Waals surface area contributed by atoms with Crippen molar-refractivity contribution >= 4 is 5.91 Å². The largest absolute Gasteiger partial charge is 0.343 e. The number of carbonyl (C=O) groups is 1. The predicted octanol–water partition coefficient (Wildman–Crippen LogP) is 2.02. The van der Waals surface area contributed by atoms with Gasteiger partial charge in [0.15, 0.2) is 0 Å². The minimum absolute atomic E-state index is 0.247. The number of likely N-dealkylation sites (tertiary alicyclic amines) is 1. The normalized spacial score (nSPS) is 24.1. The Hall–Kier alpha value is -0.570.